The van der Waals surface area contributed by atoms with Crippen molar-refractivity contribution < 1.29 is 22.5 Å². The summed E-state index contributed by atoms with van der Waals surface area (Å²) in [5.74, 6) is -1.77. The standard InChI is InChI=1S/C12H10BrFO4/c1-2-17-12(16)10-5-4-9(14)7-8(10)3-6-11(15)18-13/h3-7H,2H2,1H3/b6-3+. The second-order valence-corrected chi connectivity index (χ2v) is 3.51. The van der Waals surface area contributed by atoms with Crippen molar-refractivity contribution in [1.29, 1.82) is 0 Å². The monoisotopic (exact) mass is 316 g/mol. The Labute approximate surface area is 112 Å². The van der Waals surface area contributed by atoms with Gasteiger partial charge < -0.3 is 8.57 Å². The molecule has 0 aliphatic rings. The minimum Gasteiger partial charge on any atom is -0.462 e. The Morgan fingerprint density at radius 2 is 2.17 bits per heavy atom. The lowest BCUT2D eigenvalue weighted by molar-refractivity contribution is -0.126. The third kappa shape index (κ3) is 3.96. The van der Waals surface area contributed by atoms with Gasteiger partial charge in [0.05, 0.1) is 12.2 Å². The van der Waals surface area contributed by atoms with Gasteiger partial charge in [-0.2, -0.15) is 0 Å². The van der Waals surface area contributed by atoms with Crippen LogP contribution >= 0.6 is 16.3 Å². The van der Waals surface area contributed by atoms with E-state index in [9.17, 15) is 14.0 Å². The van der Waals surface area contributed by atoms with Crippen LogP contribution in [0.15, 0.2) is 24.3 Å². The average molecular weight is 317 g/mol. The molecular weight excluding hydrogens is 307 g/mol. The van der Waals surface area contributed by atoms with E-state index >= 15 is 0 Å². The lowest BCUT2D eigenvalue weighted by Crippen LogP contribution is -2.07. The first-order chi connectivity index (χ1) is 8.58. The van der Waals surface area contributed by atoms with Crippen LogP contribution in [0.25, 0.3) is 6.08 Å². The lowest BCUT2D eigenvalue weighted by Gasteiger charge is -2.05. The van der Waals surface area contributed by atoms with Gasteiger partial charge in [0.2, 0.25) is 0 Å². The zero-order valence-electron chi connectivity index (χ0n) is 9.48. The molecule has 1 rings (SSSR count). The van der Waals surface area contributed by atoms with Gasteiger partial charge in [0.25, 0.3) is 0 Å². The maximum Gasteiger partial charge on any atom is 0.342 e. The molecule has 1 aromatic carbocycles. The van der Waals surface area contributed by atoms with Crippen LogP contribution in [0.5, 0.6) is 0 Å². The first-order valence-corrected chi connectivity index (χ1v) is 5.70. The molecule has 0 spiro atoms. The van der Waals surface area contributed by atoms with Crippen LogP contribution < -0.4 is 0 Å². The Morgan fingerprint density at radius 1 is 1.44 bits per heavy atom. The summed E-state index contributed by atoms with van der Waals surface area (Å²) in [5, 5.41) is 0. The van der Waals surface area contributed by atoms with E-state index in [2.05, 4.69) is 20.1 Å². The Kier molecular flexibility index (Phi) is 5.51. The number of carbonyl (C=O) groups excluding carboxylic acids is 2. The first kappa shape index (κ1) is 14.4. The fourth-order valence-electron chi connectivity index (χ4n) is 1.25. The predicted molar refractivity (Wildman–Crippen MR) is 66.4 cm³/mol. The molecule has 18 heavy (non-hydrogen) atoms. The molecule has 0 saturated carbocycles. The number of hydrogen-bond acceptors (Lipinski definition) is 4. The Morgan fingerprint density at radius 3 is 2.78 bits per heavy atom. The predicted octanol–water partition coefficient (Wildman–Crippen LogP) is 2.87. The number of carbonyl (C=O) groups is 2. The van der Waals surface area contributed by atoms with Gasteiger partial charge >= 0.3 is 11.9 Å². The molecule has 0 heterocycles. The summed E-state index contributed by atoms with van der Waals surface area (Å²) in [5.41, 5.74) is 0.420. The number of esters is 1. The molecule has 0 aliphatic carbocycles. The topological polar surface area (TPSA) is 52.6 Å². The van der Waals surface area contributed by atoms with Crippen LogP contribution in [0.2, 0.25) is 0 Å². The highest BCUT2D eigenvalue weighted by Crippen LogP contribution is 2.15. The molecule has 4 nitrogen and oxygen atoms in total. The van der Waals surface area contributed by atoms with Gasteiger partial charge in [-0.3, -0.25) is 0 Å². The van der Waals surface area contributed by atoms with Crippen molar-refractivity contribution in [3.63, 3.8) is 0 Å². The summed E-state index contributed by atoms with van der Waals surface area (Å²) in [6, 6.07) is 3.57. The molecule has 0 amide bonds. The molecule has 0 aromatic heterocycles. The van der Waals surface area contributed by atoms with Crippen molar-refractivity contribution >= 4 is 34.3 Å². The van der Waals surface area contributed by atoms with Gasteiger partial charge in [-0.25, -0.2) is 14.0 Å². The number of hydrogen-bond donors (Lipinski definition) is 0. The zero-order valence-corrected chi connectivity index (χ0v) is 11.1. The van der Waals surface area contributed by atoms with Crippen LogP contribution in [0.3, 0.4) is 0 Å². The number of rotatable bonds is 4. The van der Waals surface area contributed by atoms with Gasteiger partial charge in [0.15, 0.2) is 16.3 Å². The number of ether oxygens (including phenoxy) is 1. The summed E-state index contributed by atoms with van der Waals surface area (Å²) in [6.07, 6.45) is 2.34. The highest BCUT2D eigenvalue weighted by Gasteiger charge is 2.11. The van der Waals surface area contributed by atoms with E-state index in [1.165, 1.54) is 12.1 Å². The summed E-state index contributed by atoms with van der Waals surface area (Å²) >= 11 is 2.51. The molecule has 0 unspecified atom stereocenters. The normalized spacial score (nSPS) is 10.4. The van der Waals surface area contributed by atoms with Crippen LogP contribution in [0.1, 0.15) is 22.8 Å². The van der Waals surface area contributed by atoms with E-state index in [0.29, 0.717) is 0 Å². The highest BCUT2D eigenvalue weighted by atomic mass is 79.9. The molecule has 96 valence electrons. The van der Waals surface area contributed by atoms with Crippen LogP contribution in [0, 0.1) is 5.82 Å². The van der Waals surface area contributed by atoms with E-state index in [1.54, 1.807) is 6.92 Å². The van der Waals surface area contributed by atoms with Crippen LogP contribution in [-0.4, -0.2) is 18.5 Å². The first-order valence-electron chi connectivity index (χ1n) is 5.05. The number of halogens is 2. The van der Waals surface area contributed by atoms with Gasteiger partial charge in [-0.05, 0) is 36.8 Å². The zero-order chi connectivity index (χ0) is 13.5. The molecule has 0 fully saturated rings. The fourth-order valence-corrected chi connectivity index (χ4v) is 1.36. The maximum atomic E-state index is 13.1. The van der Waals surface area contributed by atoms with Crippen molar-refractivity contribution in [2.45, 2.75) is 6.92 Å². The van der Waals surface area contributed by atoms with E-state index in [1.807, 2.05) is 0 Å². The smallest absolute Gasteiger partial charge is 0.342 e. The molecule has 0 aliphatic heterocycles. The molecule has 1 aromatic rings. The van der Waals surface area contributed by atoms with Crippen LogP contribution in [0.4, 0.5) is 4.39 Å². The van der Waals surface area contributed by atoms with Crippen molar-refractivity contribution in [3.8, 4) is 0 Å². The number of benzene rings is 1. The molecule has 0 bridgehead atoms. The molecular formula is C12H10BrFO4. The summed E-state index contributed by atoms with van der Waals surface area (Å²) < 4.78 is 22.1. The van der Waals surface area contributed by atoms with Gasteiger partial charge in [-0.1, -0.05) is 0 Å². The minimum atomic E-state index is -0.672. The van der Waals surface area contributed by atoms with Crippen molar-refractivity contribution in [3.05, 3.63) is 41.2 Å². The highest BCUT2D eigenvalue weighted by molar-refractivity contribution is 9.06. The molecule has 0 saturated heterocycles. The van der Waals surface area contributed by atoms with E-state index in [-0.39, 0.29) is 17.7 Å². The molecule has 0 N–H and O–H groups in total. The molecule has 0 radical (unpaired) electrons. The van der Waals surface area contributed by atoms with E-state index in [4.69, 9.17) is 4.74 Å². The Balaban J connectivity index is 3.07. The van der Waals surface area contributed by atoms with E-state index < -0.39 is 17.8 Å². The van der Waals surface area contributed by atoms with Crippen molar-refractivity contribution in [2.75, 3.05) is 6.61 Å². The van der Waals surface area contributed by atoms with E-state index in [0.717, 1.165) is 18.2 Å². The second kappa shape index (κ2) is 6.90. The Bertz CT molecular complexity index is 485. The summed E-state index contributed by atoms with van der Waals surface area (Å²) in [6.45, 7) is 1.88. The molecule has 0 atom stereocenters. The summed E-state index contributed by atoms with van der Waals surface area (Å²) in [7, 11) is 0. The van der Waals surface area contributed by atoms with Gasteiger partial charge in [0, 0.05) is 6.08 Å². The van der Waals surface area contributed by atoms with Crippen LogP contribution in [-0.2, 0) is 13.4 Å². The SMILES string of the molecule is CCOC(=O)c1ccc(F)cc1/C=C/C(=O)OBr. The minimum absolute atomic E-state index is 0.178. The quantitative estimate of drug-likeness (QED) is 0.633. The largest absolute Gasteiger partial charge is 0.462 e. The fraction of sp³-hybridized carbons (Fsp3) is 0.167. The maximum absolute atomic E-state index is 13.1. The second-order valence-electron chi connectivity index (χ2n) is 3.18. The lowest BCUT2D eigenvalue weighted by atomic mass is 10.1. The third-order valence-corrected chi connectivity index (χ3v) is 2.30. The third-order valence-electron chi connectivity index (χ3n) is 1.98. The van der Waals surface area contributed by atoms with Gasteiger partial charge in [-0.15, -0.1) is 0 Å². The van der Waals surface area contributed by atoms with Crippen molar-refractivity contribution in [2.24, 2.45) is 0 Å². The van der Waals surface area contributed by atoms with Gasteiger partial charge in [0.1, 0.15) is 5.82 Å². The van der Waals surface area contributed by atoms with Crippen molar-refractivity contribution in [1.82, 2.24) is 0 Å². The molecule has 6 heteroatoms. The summed E-state index contributed by atoms with van der Waals surface area (Å²) in [4.78, 5) is 22.5. The average Bonchev–Trinajstić information content (AvgIpc) is 2.36. The Hall–Kier alpha value is -1.69.